The van der Waals surface area contributed by atoms with Crippen molar-refractivity contribution in [2.45, 2.75) is 33.7 Å². The Bertz CT molecular complexity index is 713. The Morgan fingerprint density at radius 1 is 0.960 bits per heavy atom. The Hall–Kier alpha value is -2.62. The van der Waals surface area contributed by atoms with Crippen LogP contribution in [0.1, 0.15) is 31.4 Å². The fraction of sp³-hybridized carbons (Fsp3) is 0.333. The molecule has 0 bridgehead atoms. The van der Waals surface area contributed by atoms with Crippen molar-refractivity contribution in [3.05, 3.63) is 65.7 Å². The Balaban J connectivity index is 2.02. The minimum atomic E-state index is -0.0480. The number of aryl methyl sites for hydroxylation is 1. The quantitative estimate of drug-likeness (QED) is 0.771. The van der Waals surface area contributed by atoms with Gasteiger partial charge >= 0.3 is 0 Å². The van der Waals surface area contributed by atoms with Gasteiger partial charge < -0.3 is 9.80 Å². The summed E-state index contributed by atoms with van der Waals surface area (Å²) >= 11 is 0. The Morgan fingerprint density at radius 3 is 2.20 bits per heavy atom. The molecule has 4 nitrogen and oxygen atoms in total. The molecule has 0 aliphatic rings. The normalized spacial score (nSPS) is 10.4. The predicted octanol–water partition coefficient (Wildman–Crippen LogP) is 3.79. The van der Waals surface area contributed by atoms with Gasteiger partial charge in [-0.05, 0) is 31.0 Å². The van der Waals surface area contributed by atoms with Gasteiger partial charge in [-0.15, -0.1) is 0 Å². The molecule has 132 valence electrons. The summed E-state index contributed by atoms with van der Waals surface area (Å²) in [6, 6.07) is 17.7. The molecule has 2 amide bonds. The lowest BCUT2D eigenvalue weighted by molar-refractivity contribution is -0.131. The second-order valence-electron chi connectivity index (χ2n) is 6.10. The van der Waals surface area contributed by atoms with E-state index in [2.05, 4.69) is 0 Å². The zero-order valence-corrected chi connectivity index (χ0v) is 15.2. The number of anilines is 1. The van der Waals surface area contributed by atoms with E-state index < -0.39 is 0 Å². The highest BCUT2D eigenvalue weighted by atomic mass is 16.2. The molecule has 2 aromatic rings. The molecular formula is C21H26N2O2. The summed E-state index contributed by atoms with van der Waals surface area (Å²) in [5.74, 6) is 0.0133. The summed E-state index contributed by atoms with van der Waals surface area (Å²) in [6.45, 7) is 7.13. The van der Waals surface area contributed by atoms with Crippen LogP contribution in [0.25, 0.3) is 0 Å². The van der Waals surface area contributed by atoms with Gasteiger partial charge in [-0.3, -0.25) is 9.59 Å². The summed E-state index contributed by atoms with van der Waals surface area (Å²) in [7, 11) is 0. The van der Waals surface area contributed by atoms with Crippen molar-refractivity contribution >= 4 is 17.5 Å². The maximum absolute atomic E-state index is 12.6. The number of amides is 2. The highest BCUT2D eigenvalue weighted by molar-refractivity contribution is 5.93. The predicted molar refractivity (Wildman–Crippen MR) is 101 cm³/mol. The van der Waals surface area contributed by atoms with Gasteiger partial charge in [-0.2, -0.15) is 0 Å². The first kappa shape index (κ1) is 18.7. The molecule has 0 saturated heterocycles. The van der Waals surface area contributed by atoms with Crippen LogP contribution in [0.2, 0.25) is 0 Å². The molecule has 0 fully saturated rings. The average Bonchev–Trinajstić information content (AvgIpc) is 2.61. The lowest BCUT2D eigenvalue weighted by Gasteiger charge is -2.25. The Morgan fingerprint density at radius 2 is 1.60 bits per heavy atom. The summed E-state index contributed by atoms with van der Waals surface area (Å²) in [4.78, 5) is 28.2. The smallest absolute Gasteiger partial charge is 0.224 e. The fourth-order valence-electron chi connectivity index (χ4n) is 2.86. The molecule has 0 spiro atoms. The van der Waals surface area contributed by atoms with Crippen LogP contribution in [0.4, 0.5) is 5.69 Å². The summed E-state index contributed by atoms with van der Waals surface area (Å²) < 4.78 is 0. The van der Waals surface area contributed by atoms with Crippen molar-refractivity contribution in [1.29, 1.82) is 0 Å². The van der Waals surface area contributed by atoms with Crippen molar-refractivity contribution < 1.29 is 9.59 Å². The first-order valence-electron chi connectivity index (χ1n) is 8.68. The third-order valence-corrected chi connectivity index (χ3v) is 4.29. The highest BCUT2D eigenvalue weighted by Gasteiger charge is 2.18. The second-order valence-corrected chi connectivity index (χ2v) is 6.10. The summed E-state index contributed by atoms with van der Waals surface area (Å²) in [5, 5.41) is 0. The molecule has 0 aromatic heterocycles. The number of para-hydroxylation sites is 1. The molecule has 4 heteroatoms. The number of nitrogens with zero attached hydrogens (tertiary/aromatic N) is 2. The first-order valence-corrected chi connectivity index (χ1v) is 8.68. The largest absolute Gasteiger partial charge is 0.339 e. The number of rotatable bonds is 7. The SMILES string of the molecule is CCN(Cc1ccccc1)C(=O)CCN(C(C)=O)c1ccccc1C. The van der Waals surface area contributed by atoms with Crippen molar-refractivity contribution in [3.8, 4) is 0 Å². The molecular weight excluding hydrogens is 312 g/mol. The molecule has 0 saturated carbocycles. The van der Waals surface area contributed by atoms with Crippen LogP contribution < -0.4 is 4.90 Å². The van der Waals surface area contributed by atoms with E-state index in [0.717, 1.165) is 16.8 Å². The van der Waals surface area contributed by atoms with E-state index in [-0.39, 0.29) is 11.8 Å². The monoisotopic (exact) mass is 338 g/mol. The minimum Gasteiger partial charge on any atom is -0.339 e. The Labute approximate surface area is 150 Å². The van der Waals surface area contributed by atoms with E-state index >= 15 is 0 Å². The third kappa shape index (κ3) is 5.18. The van der Waals surface area contributed by atoms with E-state index in [1.54, 1.807) is 11.8 Å². The number of carbonyl (C=O) groups excluding carboxylic acids is 2. The maximum atomic E-state index is 12.6. The van der Waals surface area contributed by atoms with Crippen LogP contribution in [0.15, 0.2) is 54.6 Å². The molecule has 0 N–H and O–H groups in total. The second kappa shape index (κ2) is 9.02. The zero-order chi connectivity index (χ0) is 18.2. The van der Waals surface area contributed by atoms with Gasteiger partial charge in [0.1, 0.15) is 0 Å². The van der Waals surface area contributed by atoms with Crippen molar-refractivity contribution in [2.75, 3.05) is 18.0 Å². The van der Waals surface area contributed by atoms with Gasteiger partial charge in [0.2, 0.25) is 11.8 Å². The molecule has 2 aromatic carbocycles. The van der Waals surface area contributed by atoms with Crippen molar-refractivity contribution in [1.82, 2.24) is 4.90 Å². The molecule has 0 atom stereocenters. The van der Waals surface area contributed by atoms with Crippen LogP contribution in [-0.4, -0.2) is 29.8 Å². The average molecular weight is 338 g/mol. The van der Waals surface area contributed by atoms with Crippen LogP contribution >= 0.6 is 0 Å². The molecule has 2 rings (SSSR count). The lowest BCUT2D eigenvalue weighted by Crippen LogP contribution is -2.36. The molecule has 25 heavy (non-hydrogen) atoms. The van der Waals surface area contributed by atoms with Gasteiger partial charge in [0.25, 0.3) is 0 Å². The summed E-state index contributed by atoms with van der Waals surface area (Å²) in [5.41, 5.74) is 3.01. The minimum absolute atomic E-state index is 0.0480. The molecule has 0 heterocycles. The van der Waals surface area contributed by atoms with Crippen LogP contribution in [-0.2, 0) is 16.1 Å². The Kier molecular flexibility index (Phi) is 6.75. The lowest BCUT2D eigenvalue weighted by atomic mass is 10.1. The first-order chi connectivity index (χ1) is 12.0. The number of carbonyl (C=O) groups is 2. The van der Waals surface area contributed by atoms with Gasteiger partial charge in [0.15, 0.2) is 0 Å². The number of benzene rings is 2. The number of hydrogen-bond donors (Lipinski definition) is 0. The van der Waals surface area contributed by atoms with Crippen LogP contribution in [0, 0.1) is 6.92 Å². The van der Waals surface area contributed by atoms with E-state index in [9.17, 15) is 9.59 Å². The topological polar surface area (TPSA) is 40.6 Å². The van der Waals surface area contributed by atoms with Crippen LogP contribution in [0.5, 0.6) is 0 Å². The van der Waals surface area contributed by atoms with Crippen molar-refractivity contribution in [2.24, 2.45) is 0 Å². The maximum Gasteiger partial charge on any atom is 0.224 e. The van der Waals surface area contributed by atoms with Gasteiger partial charge in [0.05, 0.1) is 0 Å². The van der Waals surface area contributed by atoms with E-state index in [1.165, 1.54) is 0 Å². The fourth-order valence-corrected chi connectivity index (χ4v) is 2.86. The van der Waals surface area contributed by atoms with Gasteiger partial charge in [-0.1, -0.05) is 48.5 Å². The van der Waals surface area contributed by atoms with Crippen molar-refractivity contribution in [3.63, 3.8) is 0 Å². The van der Waals surface area contributed by atoms with E-state index in [1.807, 2.05) is 73.3 Å². The zero-order valence-electron chi connectivity index (χ0n) is 15.2. The van der Waals surface area contributed by atoms with Gasteiger partial charge in [-0.25, -0.2) is 0 Å². The van der Waals surface area contributed by atoms with Gasteiger partial charge in [0, 0.05) is 38.7 Å². The highest BCUT2D eigenvalue weighted by Crippen LogP contribution is 2.20. The number of hydrogen-bond acceptors (Lipinski definition) is 2. The molecule has 0 aliphatic carbocycles. The summed E-state index contributed by atoms with van der Waals surface area (Å²) in [6.07, 6.45) is 0.314. The molecule has 0 unspecified atom stereocenters. The van der Waals surface area contributed by atoms with E-state index in [4.69, 9.17) is 0 Å². The third-order valence-electron chi connectivity index (χ3n) is 4.29. The van der Waals surface area contributed by atoms with E-state index in [0.29, 0.717) is 26.1 Å². The molecule has 0 radical (unpaired) electrons. The molecule has 0 aliphatic heterocycles. The standard InChI is InChI=1S/C21H26N2O2/c1-4-22(16-19-11-6-5-7-12-19)21(25)14-15-23(18(3)24)20-13-9-8-10-17(20)2/h5-13H,4,14-16H2,1-3H3. The van der Waals surface area contributed by atoms with Crippen LogP contribution in [0.3, 0.4) is 0 Å².